The second-order valence-corrected chi connectivity index (χ2v) is 7.28. The molecule has 1 amide bonds. The maximum Gasteiger partial charge on any atom is 0.253 e. The predicted molar refractivity (Wildman–Crippen MR) is 88.9 cm³/mol. The van der Waals surface area contributed by atoms with Crippen LogP contribution in [-0.4, -0.2) is 47.9 Å². The number of hydrogen-bond acceptors (Lipinski definition) is 2. The SMILES string of the molecule is O=C(c1cc(Cl)cc(Br)c1)N1CCC(N2CCCC2)CC1. The van der Waals surface area contributed by atoms with Gasteiger partial charge in [-0.15, -0.1) is 0 Å². The third kappa shape index (κ3) is 3.61. The molecule has 1 aromatic carbocycles. The third-order valence-corrected chi connectivity index (χ3v) is 5.19. The van der Waals surface area contributed by atoms with E-state index in [1.165, 1.54) is 25.9 Å². The summed E-state index contributed by atoms with van der Waals surface area (Å²) in [6.45, 7) is 4.17. The van der Waals surface area contributed by atoms with Gasteiger partial charge in [-0.2, -0.15) is 0 Å². The highest BCUT2D eigenvalue weighted by molar-refractivity contribution is 9.10. The van der Waals surface area contributed by atoms with Crippen molar-refractivity contribution in [3.05, 3.63) is 33.3 Å². The first-order valence-electron chi connectivity index (χ1n) is 7.63. The van der Waals surface area contributed by atoms with Crippen LogP contribution in [0.25, 0.3) is 0 Å². The first kappa shape index (κ1) is 15.3. The zero-order valence-corrected chi connectivity index (χ0v) is 14.4. The number of rotatable bonds is 2. The zero-order valence-electron chi connectivity index (χ0n) is 12.0. The Hall–Kier alpha value is -0.580. The molecule has 1 aromatic rings. The van der Waals surface area contributed by atoms with Gasteiger partial charge in [-0.3, -0.25) is 4.79 Å². The van der Waals surface area contributed by atoms with Crippen LogP contribution in [0.15, 0.2) is 22.7 Å². The highest BCUT2D eigenvalue weighted by atomic mass is 79.9. The molecule has 0 radical (unpaired) electrons. The fraction of sp³-hybridized carbons (Fsp3) is 0.562. The molecule has 2 aliphatic heterocycles. The summed E-state index contributed by atoms with van der Waals surface area (Å²) in [4.78, 5) is 17.1. The van der Waals surface area contributed by atoms with E-state index < -0.39 is 0 Å². The number of carbonyl (C=O) groups is 1. The molecule has 0 spiro atoms. The average Bonchev–Trinajstić information content (AvgIpc) is 3.00. The Balaban J connectivity index is 1.62. The van der Waals surface area contributed by atoms with Crippen molar-refractivity contribution in [2.45, 2.75) is 31.7 Å². The van der Waals surface area contributed by atoms with Crippen LogP contribution in [0.2, 0.25) is 5.02 Å². The van der Waals surface area contributed by atoms with Crippen molar-refractivity contribution in [2.24, 2.45) is 0 Å². The summed E-state index contributed by atoms with van der Waals surface area (Å²) in [5, 5.41) is 0.597. The van der Waals surface area contributed by atoms with E-state index in [4.69, 9.17) is 11.6 Å². The Morgan fingerprint density at radius 2 is 1.76 bits per heavy atom. The van der Waals surface area contributed by atoms with E-state index in [0.29, 0.717) is 16.6 Å². The molecule has 0 atom stereocenters. The maximum absolute atomic E-state index is 12.6. The molecule has 0 unspecified atom stereocenters. The number of halogens is 2. The van der Waals surface area contributed by atoms with Crippen molar-refractivity contribution in [2.75, 3.05) is 26.2 Å². The first-order valence-corrected chi connectivity index (χ1v) is 8.80. The lowest BCUT2D eigenvalue weighted by atomic mass is 10.0. The third-order valence-electron chi connectivity index (χ3n) is 4.52. The van der Waals surface area contributed by atoms with Crippen LogP contribution in [0.1, 0.15) is 36.0 Å². The lowest BCUT2D eigenvalue weighted by molar-refractivity contribution is 0.0644. The molecule has 0 aromatic heterocycles. The second-order valence-electron chi connectivity index (χ2n) is 5.92. The van der Waals surface area contributed by atoms with Crippen molar-refractivity contribution < 1.29 is 4.79 Å². The minimum atomic E-state index is 0.0954. The standard InChI is InChI=1S/C16H20BrClN2O/c17-13-9-12(10-14(18)11-13)16(21)20-7-3-15(4-8-20)19-5-1-2-6-19/h9-11,15H,1-8H2. The van der Waals surface area contributed by atoms with Gasteiger partial charge in [0.25, 0.3) is 5.91 Å². The Morgan fingerprint density at radius 1 is 1.10 bits per heavy atom. The largest absolute Gasteiger partial charge is 0.339 e. The molecular formula is C16H20BrClN2O. The maximum atomic E-state index is 12.6. The predicted octanol–water partition coefficient (Wildman–Crippen LogP) is 3.80. The monoisotopic (exact) mass is 370 g/mol. The summed E-state index contributed by atoms with van der Waals surface area (Å²) < 4.78 is 0.852. The molecule has 114 valence electrons. The topological polar surface area (TPSA) is 23.6 Å². The van der Waals surface area contributed by atoms with Crippen molar-refractivity contribution >= 4 is 33.4 Å². The minimum absolute atomic E-state index is 0.0954. The summed E-state index contributed by atoms with van der Waals surface area (Å²) >= 11 is 9.43. The van der Waals surface area contributed by atoms with Gasteiger partial charge in [0.05, 0.1) is 0 Å². The normalized spacial score (nSPS) is 21.0. The summed E-state index contributed by atoms with van der Waals surface area (Å²) in [6, 6.07) is 6.07. The quantitative estimate of drug-likeness (QED) is 0.789. The number of amides is 1. The van der Waals surface area contributed by atoms with Gasteiger partial charge in [-0.1, -0.05) is 27.5 Å². The van der Waals surface area contributed by atoms with Gasteiger partial charge in [-0.05, 0) is 57.0 Å². The molecule has 0 aliphatic carbocycles. The van der Waals surface area contributed by atoms with Crippen LogP contribution in [-0.2, 0) is 0 Å². The van der Waals surface area contributed by atoms with Crippen LogP contribution >= 0.6 is 27.5 Å². The van der Waals surface area contributed by atoms with Gasteiger partial charge in [0.2, 0.25) is 0 Å². The molecule has 0 bridgehead atoms. The van der Waals surface area contributed by atoms with Gasteiger partial charge < -0.3 is 9.80 Å². The first-order chi connectivity index (χ1) is 10.1. The highest BCUT2D eigenvalue weighted by Crippen LogP contribution is 2.24. The Bertz CT molecular complexity index is 503. The molecule has 0 saturated carbocycles. The van der Waals surface area contributed by atoms with E-state index in [9.17, 15) is 4.79 Å². The van der Waals surface area contributed by atoms with E-state index >= 15 is 0 Å². The molecule has 0 N–H and O–H groups in total. The Kier molecular flexibility index (Phi) is 4.87. The van der Waals surface area contributed by atoms with E-state index in [1.807, 2.05) is 11.0 Å². The summed E-state index contributed by atoms with van der Waals surface area (Å²) in [6.07, 6.45) is 4.84. The van der Waals surface area contributed by atoms with Gasteiger partial charge in [0.15, 0.2) is 0 Å². The van der Waals surface area contributed by atoms with Gasteiger partial charge in [-0.25, -0.2) is 0 Å². The second kappa shape index (κ2) is 6.67. The zero-order chi connectivity index (χ0) is 14.8. The molecule has 21 heavy (non-hydrogen) atoms. The minimum Gasteiger partial charge on any atom is -0.339 e. The van der Waals surface area contributed by atoms with Crippen LogP contribution in [0.4, 0.5) is 0 Å². The lowest BCUT2D eigenvalue weighted by Crippen LogP contribution is -2.45. The molecule has 2 aliphatic rings. The van der Waals surface area contributed by atoms with Crippen molar-refractivity contribution in [3.8, 4) is 0 Å². The van der Waals surface area contributed by atoms with Crippen LogP contribution in [0.3, 0.4) is 0 Å². The number of likely N-dealkylation sites (tertiary alicyclic amines) is 2. The summed E-state index contributed by atoms with van der Waals surface area (Å²) in [5.41, 5.74) is 0.675. The van der Waals surface area contributed by atoms with Crippen molar-refractivity contribution in [1.82, 2.24) is 9.80 Å². The number of nitrogens with zero attached hydrogens (tertiary/aromatic N) is 2. The number of benzene rings is 1. The average molecular weight is 372 g/mol. The van der Waals surface area contributed by atoms with Crippen molar-refractivity contribution in [1.29, 1.82) is 0 Å². The molecule has 5 heteroatoms. The Morgan fingerprint density at radius 3 is 2.38 bits per heavy atom. The molecule has 2 fully saturated rings. The van der Waals surface area contributed by atoms with Crippen LogP contribution in [0, 0.1) is 0 Å². The highest BCUT2D eigenvalue weighted by Gasteiger charge is 2.28. The van der Waals surface area contributed by atoms with E-state index in [0.717, 1.165) is 30.4 Å². The summed E-state index contributed by atoms with van der Waals surface area (Å²) in [5.74, 6) is 0.0954. The van der Waals surface area contributed by atoms with E-state index in [2.05, 4.69) is 20.8 Å². The van der Waals surface area contributed by atoms with Gasteiger partial charge in [0, 0.05) is 34.2 Å². The summed E-state index contributed by atoms with van der Waals surface area (Å²) in [7, 11) is 0. The van der Waals surface area contributed by atoms with Crippen LogP contribution < -0.4 is 0 Å². The molecule has 3 nitrogen and oxygen atoms in total. The Labute approximate surface area is 139 Å². The fourth-order valence-corrected chi connectivity index (χ4v) is 4.26. The number of carbonyl (C=O) groups excluding carboxylic acids is 1. The van der Waals surface area contributed by atoms with Gasteiger partial charge >= 0.3 is 0 Å². The van der Waals surface area contributed by atoms with Gasteiger partial charge in [0.1, 0.15) is 0 Å². The molecule has 2 saturated heterocycles. The van der Waals surface area contributed by atoms with E-state index in [1.54, 1.807) is 12.1 Å². The smallest absolute Gasteiger partial charge is 0.253 e. The molecule has 2 heterocycles. The lowest BCUT2D eigenvalue weighted by Gasteiger charge is -2.36. The number of hydrogen-bond donors (Lipinski definition) is 0. The number of piperidine rings is 1. The molecule has 3 rings (SSSR count). The van der Waals surface area contributed by atoms with Crippen molar-refractivity contribution in [3.63, 3.8) is 0 Å². The van der Waals surface area contributed by atoms with Crippen LogP contribution in [0.5, 0.6) is 0 Å². The fourth-order valence-electron chi connectivity index (χ4n) is 3.40. The molecular weight excluding hydrogens is 352 g/mol. The van der Waals surface area contributed by atoms with E-state index in [-0.39, 0.29) is 5.91 Å².